The Bertz CT molecular complexity index is 1070. The molecular weight excluding hydrogens is 366 g/mol. The molecule has 0 radical (unpaired) electrons. The normalized spacial score (nSPS) is 10.6. The fraction of sp³-hybridized carbons (Fsp3) is 0.261. The molecule has 0 spiro atoms. The Labute approximate surface area is 170 Å². The Kier molecular flexibility index (Phi) is 6.44. The van der Waals surface area contributed by atoms with Crippen molar-refractivity contribution in [2.75, 3.05) is 13.7 Å². The van der Waals surface area contributed by atoms with Crippen molar-refractivity contribution >= 4 is 5.91 Å². The Balaban J connectivity index is 1.67. The number of carbonyl (C=O) groups excluding carboxylic acids is 1. The Morgan fingerprint density at radius 1 is 1.10 bits per heavy atom. The van der Waals surface area contributed by atoms with Crippen molar-refractivity contribution < 1.29 is 9.53 Å². The van der Waals surface area contributed by atoms with E-state index in [1.54, 1.807) is 13.2 Å². The lowest BCUT2D eigenvalue weighted by Crippen LogP contribution is -2.34. The van der Waals surface area contributed by atoms with E-state index in [2.05, 4.69) is 10.4 Å². The van der Waals surface area contributed by atoms with Gasteiger partial charge in [0.15, 0.2) is 0 Å². The molecule has 1 N–H and O–H groups in total. The second-order valence-electron chi connectivity index (χ2n) is 6.94. The van der Waals surface area contributed by atoms with Crippen LogP contribution < -0.4 is 15.6 Å². The van der Waals surface area contributed by atoms with Crippen LogP contribution in [0.5, 0.6) is 5.75 Å². The lowest BCUT2D eigenvalue weighted by atomic mass is 10.0. The predicted molar refractivity (Wildman–Crippen MR) is 113 cm³/mol. The van der Waals surface area contributed by atoms with Gasteiger partial charge < -0.3 is 10.1 Å². The number of methoxy groups -OCH3 is 1. The van der Waals surface area contributed by atoms with Gasteiger partial charge in [0.25, 0.3) is 5.56 Å². The van der Waals surface area contributed by atoms with Crippen LogP contribution in [0.3, 0.4) is 0 Å². The quantitative estimate of drug-likeness (QED) is 0.672. The average molecular weight is 391 g/mol. The molecular formula is C23H25N3O3. The first-order valence-electron chi connectivity index (χ1n) is 9.52. The van der Waals surface area contributed by atoms with Crippen molar-refractivity contribution in [3.63, 3.8) is 0 Å². The topological polar surface area (TPSA) is 73.2 Å². The summed E-state index contributed by atoms with van der Waals surface area (Å²) in [7, 11) is 1.62. The number of hydrogen-bond donors (Lipinski definition) is 1. The second kappa shape index (κ2) is 9.19. The summed E-state index contributed by atoms with van der Waals surface area (Å²) < 4.78 is 6.52. The Morgan fingerprint density at radius 2 is 1.90 bits per heavy atom. The molecule has 0 aliphatic carbocycles. The van der Waals surface area contributed by atoms with Crippen LogP contribution >= 0.6 is 0 Å². The van der Waals surface area contributed by atoms with Gasteiger partial charge in [-0.1, -0.05) is 35.9 Å². The van der Waals surface area contributed by atoms with Crippen LogP contribution in [-0.4, -0.2) is 29.3 Å². The summed E-state index contributed by atoms with van der Waals surface area (Å²) >= 11 is 0. The summed E-state index contributed by atoms with van der Waals surface area (Å²) in [6, 6.07) is 16.9. The van der Waals surface area contributed by atoms with E-state index in [9.17, 15) is 9.59 Å². The van der Waals surface area contributed by atoms with Crippen molar-refractivity contribution in [2.45, 2.75) is 26.8 Å². The molecule has 0 bridgehead atoms. The van der Waals surface area contributed by atoms with Gasteiger partial charge >= 0.3 is 0 Å². The molecule has 0 unspecified atom stereocenters. The fourth-order valence-corrected chi connectivity index (χ4v) is 3.16. The van der Waals surface area contributed by atoms with E-state index >= 15 is 0 Å². The van der Waals surface area contributed by atoms with E-state index in [1.807, 2.05) is 56.3 Å². The number of aryl methyl sites for hydroxylation is 2. The number of amides is 1. The van der Waals surface area contributed by atoms with E-state index in [1.165, 1.54) is 10.7 Å². The first-order valence-corrected chi connectivity index (χ1v) is 9.52. The number of ether oxygens (including phenoxy) is 1. The van der Waals surface area contributed by atoms with Crippen LogP contribution in [0.25, 0.3) is 11.3 Å². The van der Waals surface area contributed by atoms with Crippen molar-refractivity contribution in [3.05, 3.63) is 81.6 Å². The van der Waals surface area contributed by atoms with Crippen molar-refractivity contribution in [3.8, 4) is 17.0 Å². The standard InChI is InChI=1S/C23H25N3O3/c1-16-8-9-17(2)19(14-16)20-10-11-23(28)26(25-20)15-22(27)24-13-12-18-6-4-5-7-21(18)29-3/h4-11,14H,12-13,15H2,1-3H3,(H,24,27). The number of nitrogens with zero attached hydrogens (tertiary/aromatic N) is 2. The maximum absolute atomic E-state index is 12.3. The summed E-state index contributed by atoms with van der Waals surface area (Å²) in [5.41, 5.74) is 4.51. The van der Waals surface area contributed by atoms with Gasteiger partial charge in [0.2, 0.25) is 5.91 Å². The van der Waals surface area contributed by atoms with Crippen molar-refractivity contribution in [1.82, 2.24) is 15.1 Å². The van der Waals surface area contributed by atoms with Crippen molar-refractivity contribution in [2.24, 2.45) is 0 Å². The van der Waals surface area contributed by atoms with Gasteiger partial charge in [0.05, 0.1) is 12.8 Å². The van der Waals surface area contributed by atoms with Gasteiger partial charge in [0, 0.05) is 18.2 Å². The highest BCUT2D eigenvalue weighted by atomic mass is 16.5. The number of rotatable bonds is 7. The van der Waals surface area contributed by atoms with Crippen LogP contribution in [0.4, 0.5) is 0 Å². The van der Waals surface area contributed by atoms with E-state index in [0.717, 1.165) is 28.0 Å². The third kappa shape index (κ3) is 5.10. The summed E-state index contributed by atoms with van der Waals surface area (Å²) in [6.45, 7) is 4.33. The average Bonchev–Trinajstić information content (AvgIpc) is 2.72. The highest BCUT2D eigenvalue weighted by molar-refractivity contribution is 5.75. The molecule has 0 atom stereocenters. The Morgan fingerprint density at radius 3 is 2.69 bits per heavy atom. The monoisotopic (exact) mass is 391 g/mol. The summed E-state index contributed by atoms with van der Waals surface area (Å²) in [4.78, 5) is 24.5. The molecule has 1 amide bonds. The number of carbonyl (C=O) groups is 1. The Hall–Kier alpha value is -3.41. The molecule has 1 aromatic heterocycles. The number of para-hydroxylation sites is 1. The minimum atomic E-state index is -0.307. The van der Waals surface area contributed by atoms with Gasteiger partial charge in [0.1, 0.15) is 12.3 Å². The second-order valence-corrected chi connectivity index (χ2v) is 6.94. The zero-order chi connectivity index (χ0) is 20.8. The minimum Gasteiger partial charge on any atom is -0.496 e. The van der Waals surface area contributed by atoms with Crippen LogP contribution in [0, 0.1) is 13.8 Å². The predicted octanol–water partition coefficient (Wildman–Crippen LogP) is 2.89. The third-order valence-corrected chi connectivity index (χ3v) is 4.74. The molecule has 6 heteroatoms. The number of benzene rings is 2. The SMILES string of the molecule is COc1ccccc1CCNC(=O)Cn1nc(-c2cc(C)ccc2C)ccc1=O. The molecule has 3 aromatic rings. The molecule has 3 rings (SSSR count). The zero-order valence-electron chi connectivity index (χ0n) is 16.9. The van der Waals surface area contributed by atoms with Gasteiger partial charge in [-0.3, -0.25) is 9.59 Å². The van der Waals surface area contributed by atoms with Gasteiger partial charge in [-0.15, -0.1) is 0 Å². The fourth-order valence-electron chi connectivity index (χ4n) is 3.16. The molecule has 0 saturated carbocycles. The van der Waals surface area contributed by atoms with Crippen LogP contribution in [0.15, 0.2) is 59.4 Å². The lowest BCUT2D eigenvalue weighted by molar-refractivity contribution is -0.121. The molecule has 0 saturated heterocycles. The van der Waals surface area contributed by atoms with Crippen LogP contribution in [0.1, 0.15) is 16.7 Å². The molecule has 1 heterocycles. The molecule has 0 aliphatic rings. The molecule has 2 aromatic carbocycles. The van der Waals surface area contributed by atoms with Gasteiger partial charge in [-0.25, -0.2) is 4.68 Å². The maximum Gasteiger partial charge on any atom is 0.267 e. The number of aromatic nitrogens is 2. The van der Waals surface area contributed by atoms with Gasteiger partial charge in [-0.05, 0) is 49.6 Å². The minimum absolute atomic E-state index is 0.122. The lowest BCUT2D eigenvalue weighted by Gasteiger charge is -2.11. The molecule has 0 fully saturated rings. The van der Waals surface area contributed by atoms with Crippen molar-refractivity contribution in [1.29, 1.82) is 0 Å². The maximum atomic E-state index is 12.3. The molecule has 6 nitrogen and oxygen atoms in total. The van der Waals surface area contributed by atoms with Gasteiger partial charge in [-0.2, -0.15) is 5.10 Å². The highest BCUT2D eigenvalue weighted by Crippen LogP contribution is 2.21. The largest absolute Gasteiger partial charge is 0.496 e. The first kappa shape index (κ1) is 20.3. The molecule has 0 aliphatic heterocycles. The first-order chi connectivity index (χ1) is 14.0. The van der Waals surface area contributed by atoms with Crippen LogP contribution in [0.2, 0.25) is 0 Å². The highest BCUT2D eigenvalue weighted by Gasteiger charge is 2.10. The summed E-state index contributed by atoms with van der Waals surface area (Å²) in [6.07, 6.45) is 0.639. The smallest absolute Gasteiger partial charge is 0.267 e. The number of hydrogen-bond acceptors (Lipinski definition) is 4. The van der Waals surface area contributed by atoms with E-state index in [4.69, 9.17) is 4.74 Å². The van der Waals surface area contributed by atoms with E-state index in [-0.39, 0.29) is 18.0 Å². The summed E-state index contributed by atoms with van der Waals surface area (Å²) in [5.74, 6) is 0.536. The third-order valence-electron chi connectivity index (χ3n) is 4.74. The molecule has 29 heavy (non-hydrogen) atoms. The summed E-state index contributed by atoms with van der Waals surface area (Å²) in [5, 5.41) is 7.25. The number of nitrogens with one attached hydrogen (secondary N) is 1. The van der Waals surface area contributed by atoms with E-state index < -0.39 is 0 Å². The van der Waals surface area contributed by atoms with E-state index in [0.29, 0.717) is 18.7 Å². The zero-order valence-corrected chi connectivity index (χ0v) is 16.9. The molecule has 150 valence electrons. The van der Waals surface area contributed by atoms with Crippen LogP contribution in [-0.2, 0) is 17.8 Å².